The summed E-state index contributed by atoms with van der Waals surface area (Å²) in [5.74, 6) is -6.32. The van der Waals surface area contributed by atoms with Gasteiger partial charge in [-0.2, -0.15) is 8.78 Å². The van der Waals surface area contributed by atoms with Crippen LogP contribution < -0.4 is 0 Å². The molecule has 10 fully saturated rings. The summed E-state index contributed by atoms with van der Waals surface area (Å²) in [5, 5.41) is 42.3. The predicted molar refractivity (Wildman–Crippen MR) is 293 cm³/mol. The molecule has 8 atom stereocenters. The fourth-order valence-electron chi connectivity index (χ4n) is 14.0. The highest BCUT2D eigenvalue weighted by molar-refractivity contribution is 5.79. The number of halogens is 2. The van der Waals surface area contributed by atoms with Crippen molar-refractivity contribution in [3.05, 3.63) is 0 Å². The van der Waals surface area contributed by atoms with Crippen LogP contribution in [0.2, 0.25) is 0 Å². The molecule has 15 nitrogen and oxygen atoms in total. The van der Waals surface area contributed by atoms with E-state index in [0.717, 1.165) is 78.1 Å². The molecule has 2 saturated heterocycles. The van der Waals surface area contributed by atoms with Crippen molar-refractivity contribution in [3.8, 4) is 0 Å². The van der Waals surface area contributed by atoms with Crippen LogP contribution in [0.3, 0.4) is 0 Å². The average molecular weight is 1130 g/mol. The first-order valence-corrected chi connectivity index (χ1v) is 29.5. The van der Waals surface area contributed by atoms with Gasteiger partial charge in [0.05, 0.1) is 51.5 Å². The lowest BCUT2D eigenvalue weighted by Crippen LogP contribution is -2.70. The van der Waals surface area contributed by atoms with Gasteiger partial charge in [-0.25, -0.2) is 0 Å². The van der Waals surface area contributed by atoms with E-state index in [4.69, 9.17) is 23.7 Å². The highest BCUT2D eigenvalue weighted by atomic mass is 19.3. The summed E-state index contributed by atoms with van der Waals surface area (Å²) in [6.07, 6.45) is 13.1. The zero-order valence-corrected chi connectivity index (χ0v) is 52.1. The number of esters is 5. The van der Waals surface area contributed by atoms with E-state index in [9.17, 15) is 53.2 Å². The molecule has 4 N–H and O–H groups in total. The molecule has 10 rings (SSSR count). The second kappa shape index (κ2) is 21.6. The van der Waals surface area contributed by atoms with Gasteiger partial charge in [-0.15, -0.1) is 0 Å². The van der Waals surface area contributed by atoms with Crippen molar-refractivity contribution in [2.45, 2.75) is 305 Å². The van der Waals surface area contributed by atoms with Crippen molar-refractivity contribution in [3.63, 3.8) is 0 Å². The molecule has 79 heavy (non-hydrogen) atoms. The first-order valence-electron chi connectivity index (χ1n) is 29.5. The summed E-state index contributed by atoms with van der Waals surface area (Å²) in [6.45, 7) is 34.9. The van der Waals surface area contributed by atoms with Crippen LogP contribution in [-0.2, 0) is 52.4 Å². The Balaban J connectivity index is 0.000000197. The van der Waals surface area contributed by atoms with Crippen LogP contribution in [0, 0.1) is 50.2 Å². The summed E-state index contributed by atoms with van der Waals surface area (Å²) in [7, 11) is 0. The number of carbonyl (C=O) groups is 5. The molecular formula is C62H104F2O15. The predicted octanol–water partition coefficient (Wildman–Crippen LogP) is 11.4. The maximum absolute atomic E-state index is 14.0. The van der Waals surface area contributed by atoms with E-state index in [2.05, 4.69) is 4.74 Å². The van der Waals surface area contributed by atoms with Crippen molar-refractivity contribution in [1.82, 2.24) is 0 Å². The third-order valence-electron chi connectivity index (χ3n) is 21.1. The maximum Gasteiger partial charge on any atom is 0.340 e. The van der Waals surface area contributed by atoms with E-state index in [1.54, 1.807) is 34.6 Å². The van der Waals surface area contributed by atoms with Gasteiger partial charge in [-0.1, -0.05) is 27.7 Å². The van der Waals surface area contributed by atoms with E-state index >= 15 is 0 Å². The molecule has 8 unspecified atom stereocenters. The van der Waals surface area contributed by atoms with Crippen LogP contribution in [0.4, 0.5) is 8.78 Å². The van der Waals surface area contributed by atoms with E-state index in [1.807, 2.05) is 90.0 Å². The Morgan fingerprint density at radius 2 is 0.937 bits per heavy atom. The Hall–Kier alpha value is -2.99. The molecule has 0 amide bonds. The molecule has 8 bridgehead atoms. The number of hydrogen-bond acceptors (Lipinski definition) is 15. The quantitative estimate of drug-likeness (QED) is 0.0938. The second-order valence-electron chi connectivity index (χ2n) is 30.4. The molecule has 0 aromatic rings. The van der Waals surface area contributed by atoms with Gasteiger partial charge in [0.15, 0.2) is 5.60 Å². The lowest BCUT2D eigenvalue weighted by atomic mass is 9.37. The SMILES string of the molecule is CCC(C)(C)C(=O)OC1(C)CC(=O)OC1C.CCC(C)(C)C(=O)OC1(C)COC(C)(O)C1(F)F.CCC(C)(C)C(=O)OC12CC3CC(C(C)(C)O)(C1)CC(C(C)(C)O)(C3)C2.CCC(C)(C)C(=O)OC12CC3CC(CC(O)(C3)C1)C2. The summed E-state index contributed by atoms with van der Waals surface area (Å²) in [4.78, 5) is 60.3. The summed E-state index contributed by atoms with van der Waals surface area (Å²) in [5.41, 5.74) is -9.05. The molecule has 8 saturated carbocycles. The largest absolute Gasteiger partial charge is 0.459 e. The van der Waals surface area contributed by atoms with Crippen molar-refractivity contribution < 1.29 is 81.6 Å². The second-order valence-corrected chi connectivity index (χ2v) is 30.4. The topological polar surface area (TPSA) is 222 Å². The summed E-state index contributed by atoms with van der Waals surface area (Å²) in [6, 6.07) is 0. The minimum Gasteiger partial charge on any atom is -0.459 e. The van der Waals surface area contributed by atoms with Gasteiger partial charge in [0.1, 0.15) is 17.3 Å². The number of alkyl halides is 2. The van der Waals surface area contributed by atoms with Crippen molar-refractivity contribution >= 4 is 29.8 Å². The van der Waals surface area contributed by atoms with Crippen LogP contribution >= 0.6 is 0 Å². The first kappa shape index (κ1) is 66.8. The van der Waals surface area contributed by atoms with Gasteiger partial charge < -0.3 is 48.8 Å². The van der Waals surface area contributed by atoms with Crippen molar-refractivity contribution in [2.75, 3.05) is 6.61 Å². The molecule has 2 heterocycles. The van der Waals surface area contributed by atoms with E-state index in [1.165, 1.54) is 6.42 Å². The smallest absolute Gasteiger partial charge is 0.340 e. The monoisotopic (exact) mass is 1130 g/mol. The van der Waals surface area contributed by atoms with E-state index in [-0.39, 0.29) is 52.8 Å². The van der Waals surface area contributed by atoms with Crippen molar-refractivity contribution in [1.29, 1.82) is 0 Å². The summed E-state index contributed by atoms with van der Waals surface area (Å²) >= 11 is 0. The van der Waals surface area contributed by atoms with E-state index in [0.29, 0.717) is 49.9 Å². The molecular weight excluding hydrogens is 1020 g/mol. The Bertz CT molecular complexity index is 2230. The molecule has 0 spiro atoms. The maximum atomic E-state index is 14.0. The number of ether oxygens (including phenoxy) is 6. The third-order valence-corrected chi connectivity index (χ3v) is 21.1. The van der Waals surface area contributed by atoms with Gasteiger partial charge in [0.25, 0.3) is 0 Å². The van der Waals surface area contributed by atoms with Crippen LogP contribution in [0.15, 0.2) is 0 Å². The van der Waals surface area contributed by atoms with E-state index < -0.39 is 79.6 Å². The Labute approximate surface area is 471 Å². The van der Waals surface area contributed by atoms with Gasteiger partial charge in [0, 0.05) is 17.3 Å². The average Bonchev–Trinajstić information content (AvgIpc) is 3.63. The minimum atomic E-state index is -3.67. The third kappa shape index (κ3) is 13.2. The fourth-order valence-corrected chi connectivity index (χ4v) is 14.0. The molecule has 17 heteroatoms. The molecule has 0 aromatic carbocycles. The number of cyclic esters (lactones) is 1. The first-order chi connectivity index (χ1) is 35.5. The van der Waals surface area contributed by atoms with Crippen LogP contribution in [-0.4, -0.2) is 114 Å². The Kier molecular flexibility index (Phi) is 18.2. The lowest BCUT2D eigenvalue weighted by molar-refractivity contribution is -0.288. The number of rotatable bonds is 14. The number of hydrogen-bond donors (Lipinski definition) is 4. The van der Waals surface area contributed by atoms with Crippen LogP contribution in [0.5, 0.6) is 0 Å². The van der Waals surface area contributed by atoms with Gasteiger partial charge in [-0.05, 0) is 225 Å². The number of carbonyl (C=O) groups excluding carboxylic acids is 5. The Morgan fingerprint density at radius 3 is 1.28 bits per heavy atom. The number of aliphatic hydroxyl groups is 4. The highest BCUT2D eigenvalue weighted by Crippen LogP contribution is 2.73. The minimum absolute atomic E-state index is 0.0828. The Morgan fingerprint density at radius 1 is 0.557 bits per heavy atom. The molecule has 456 valence electrons. The van der Waals surface area contributed by atoms with Crippen molar-refractivity contribution in [2.24, 2.45) is 50.2 Å². The fraction of sp³-hybridized carbons (Fsp3) is 0.919. The molecule has 0 radical (unpaired) electrons. The van der Waals surface area contributed by atoms with Gasteiger partial charge in [-0.3, -0.25) is 24.0 Å². The zero-order chi connectivity index (χ0) is 60.7. The molecule has 10 aliphatic rings. The van der Waals surface area contributed by atoms with Crippen LogP contribution in [0.25, 0.3) is 0 Å². The standard InChI is InChI=1S/C22H38O4.C16H26O3.C12H20F2O4.C12H20O4/c1-8-17(2,3)16(23)26-22-11-15-9-20(13-22,18(4,5)24)12-21(10-15,14-22)19(6,7)25;1-4-14(2,3)13(17)19-16-8-11-5-12(9-16)7-15(18,6-11)10-16;1-6-9(2,3)8(15)18-10(4)7-17-11(5,16)12(10,13)14;1-6-11(3,4)10(14)16-12(5)7-9(13)15-8(12)2/h15,24-25H,8-14H2,1-7H3;11-12,18H,4-10H2,1-3H3;16H,6-7H2,1-5H3;8H,6-7H2,1-5H3. The molecule has 8 aliphatic carbocycles. The van der Waals surface area contributed by atoms with Gasteiger partial charge in [0.2, 0.25) is 11.4 Å². The van der Waals surface area contributed by atoms with Gasteiger partial charge >= 0.3 is 35.8 Å². The zero-order valence-electron chi connectivity index (χ0n) is 52.1. The summed E-state index contributed by atoms with van der Waals surface area (Å²) < 4.78 is 60.2. The normalized spacial score (nSPS) is 38.0. The molecule has 0 aromatic heterocycles. The van der Waals surface area contributed by atoms with Crippen LogP contribution in [0.1, 0.15) is 248 Å². The lowest BCUT2D eigenvalue weighted by Gasteiger charge is -2.70. The molecule has 2 aliphatic heterocycles. The highest BCUT2D eigenvalue weighted by Gasteiger charge is 2.73.